The van der Waals surface area contributed by atoms with Crippen molar-refractivity contribution in [3.63, 3.8) is 0 Å². The number of esters is 1. The Labute approximate surface area is 227 Å². The number of para-hydroxylation sites is 1. The maximum absolute atomic E-state index is 14.6. The van der Waals surface area contributed by atoms with Crippen LogP contribution < -0.4 is 15.3 Å². The lowest BCUT2D eigenvalue weighted by atomic mass is 9.96. The fourth-order valence-corrected chi connectivity index (χ4v) is 5.50. The predicted molar refractivity (Wildman–Crippen MR) is 135 cm³/mol. The third-order valence-corrected chi connectivity index (χ3v) is 7.60. The quantitative estimate of drug-likeness (QED) is 0.188. The van der Waals surface area contributed by atoms with Crippen molar-refractivity contribution in [1.82, 2.24) is 24.6 Å². The van der Waals surface area contributed by atoms with Crippen LogP contribution in [-0.2, 0) is 23.4 Å². The first-order valence-electron chi connectivity index (χ1n) is 12.1. The van der Waals surface area contributed by atoms with Crippen molar-refractivity contribution >= 4 is 30.7 Å². The minimum Gasteiger partial charge on any atom is -0.462 e. The molecule has 1 aliphatic heterocycles. The summed E-state index contributed by atoms with van der Waals surface area (Å²) < 4.78 is 65.5. The van der Waals surface area contributed by atoms with E-state index in [0.717, 1.165) is 17.2 Å². The summed E-state index contributed by atoms with van der Waals surface area (Å²) in [6, 6.07) is 6.38. The minimum absolute atomic E-state index is 0.00423. The van der Waals surface area contributed by atoms with Gasteiger partial charge in [-0.3, -0.25) is 13.9 Å². The van der Waals surface area contributed by atoms with Gasteiger partial charge in [-0.1, -0.05) is 18.2 Å². The van der Waals surface area contributed by atoms with Crippen LogP contribution in [-0.4, -0.2) is 78.7 Å². The second-order valence-corrected chi connectivity index (χ2v) is 11.0. The number of imidazole rings is 1. The maximum atomic E-state index is 14.6. The highest BCUT2D eigenvalue weighted by Crippen LogP contribution is 2.49. The second-order valence-electron chi connectivity index (χ2n) is 9.29. The SMILES string of the molecule is CC(C)OC(=O)[C@H](C)NP(=O)(OC[C@@]1(C(F)F)O[C@@H](n2cnc3c(N)ncnc32)[C@@H](O)[C@@H]1O)Oc1ccccc1. The smallest absolute Gasteiger partial charge is 0.459 e. The van der Waals surface area contributed by atoms with E-state index in [9.17, 15) is 28.4 Å². The first-order valence-corrected chi connectivity index (χ1v) is 13.6. The Kier molecular flexibility index (Phi) is 8.68. The molecule has 4 rings (SSSR count). The van der Waals surface area contributed by atoms with Gasteiger partial charge < -0.3 is 29.9 Å². The molecule has 0 radical (unpaired) electrons. The number of halogens is 2. The van der Waals surface area contributed by atoms with E-state index in [1.807, 2.05) is 0 Å². The van der Waals surface area contributed by atoms with E-state index in [2.05, 4.69) is 20.0 Å². The number of rotatable bonds is 11. The van der Waals surface area contributed by atoms with Gasteiger partial charge in [-0.25, -0.2) is 28.3 Å². The number of aliphatic hydroxyl groups excluding tert-OH is 2. The van der Waals surface area contributed by atoms with Gasteiger partial charge in [0, 0.05) is 0 Å². The standard InChI is InChI=1S/C23H29F2N6O8P/c1-12(2)37-21(34)13(3)30-40(35,39-14-7-5-4-6-8-14)36-9-23(22(24)25)17(33)16(32)20(38-23)31-11-29-15-18(26)27-10-28-19(15)31/h4-8,10-13,16-17,20,22,32-33H,9H2,1-3H3,(H,30,35)(H2,26,27,28)/t13-,16-,17-,20+,23+,40?/m0/s1. The molecule has 1 aliphatic rings. The van der Waals surface area contributed by atoms with Crippen molar-refractivity contribution < 1.29 is 46.9 Å². The van der Waals surface area contributed by atoms with Crippen molar-refractivity contribution in [1.29, 1.82) is 0 Å². The molecule has 1 aromatic carbocycles. The van der Waals surface area contributed by atoms with Crippen LogP contribution in [0.5, 0.6) is 5.75 Å². The Morgan fingerprint density at radius 2 is 1.93 bits per heavy atom. The number of fused-ring (bicyclic) bond motifs is 1. The fourth-order valence-electron chi connectivity index (χ4n) is 3.97. The van der Waals surface area contributed by atoms with Gasteiger partial charge in [0.25, 0.3) is 6.43 Å². The van der Waals surface area contributed by atoms with Crippen molar-refractivity contribution in [2.75, 3.05) is 12.3 Å². The fraction of sp³-hybridized carbons (Fsp3) is 0.478. The van der Waals surface area contributed by atoms with E-state index >= 15 is 0 Å². The summed E-state index contributed by atoms with van der Waals surface area (Å²) in [4.78, 5) is 24.2. The van der Waals surface area contributed by atoms with Crippen LogP contribution in [0.1, 0.15) is 27.0 Å². The molecule has 3 heterocycles. The maximum Gasteiger partial charge on any atom is 0.459 e. The molecule has 1 saturated heterocycles. The number of hydrogen-bond acceptors (Lipinski definition) is 12. The molecule has 2 aromatic heterocycles. The molecule has 14 nitrogen and oxygen atoms in total. The number of carbonyl (C=O) groups excluding carboxylic acids is 1. The number of nitrogens with two attached hydrogens (primary N) is 1. The van der Waals surface area contributed by atoms with Gasteiger partial charge in [0.15, 0.2) is 23.3 Å². The van der Waals surface area contributed by atoms with Crippen molar-refractivity contribution in [2.45, 2.75) is 63.4 Å². The molecule has 0 bridgehead atoms. The molecule has 1 unspecified atom stereocenters. The molecule has 0 saturated carbocycles. The van der Waals surface area contributed by atoms with E-state index in [-0.39, 0.29) is 22.7 Å². The van der Waals surface area contributed by atoms with Gasteiger partial charge in [0.1, 0.15) is 35.8 Å². The highest BCUT2D eigenvalue weighted by Gasteiger charge is 2.61. The number of ether oxygens (including phenoxy) is 2. The van der Waals surface area contributed by atoms with Crippen LogP contribution in [0.25, 0.3) is 11.2 Å². The van der Waals surface area contributed by atoms with Crippen LogP contribution in [0.3, 0.4) is 0 Å². The summed E-state index contributed by atoms with van der Waals surface area (Å²) in [5.74, 6) is -0.780. The molecule has 6 atom stereocenters. The van der Waals surface area contributed by atoms with Crippen molar-refractivity contribution in [2.24, 2.45) is 0 Å². The predicted octanol–water partition coefficient (Wildman–Crippen LogP) is 1.80. The number of nitrogens with zero attached hydrogens (tertiary/aromatic N) is 4. The van der Waals surface area contributed by atoms with Crippen LogP contribution in [0.4, 0.5) is 14.6 Å². The van der Waals surface area contributed by atoms with Crippen molar-refractivity contribution in [3.8, 4) is 5.75 Å². The first kappa shape index (κ1) is 29.7. The number of aliphatic hydroxyl groups is 2. The minimum atomic E-state index is -4.61. The van der Waals surface area contributed by atoms with Gasteiger partial charge in [-0.2, -0.15) is 5.09 Å². The number of benzene rings is 1. The van der Waals surface area contributed by atoms with E-state index < -0.39 is 62.9 Å². The van der Waals surface area contributed by atoms with Crippen LogP contribution in [0, 0.1) is 0 Å². The topological polar surface area (TPSA) is 193 Å². The Hall–Kier alpha value is -3.27. The zero-order valence-corrected chi connectivity index (χ0v) is 22.5. The second kappa shape index (κ2) is 11.7. The summed E-state index contributed by atoms with van der Waals surface area (Å²) >= 11 is 0. The summed E-state index contributed by atoms with van der Waals surface area (Å²) in [6.45, 7) is 3.30. The van der Waals surface area contributed by atoms with E-state index in [0.29, 0.717) is 0 Å². The van der Waals surface area contributed by atoms with E-state index in [4.69, 9.17) is 24.3 Å². The molecule has 0 aliphatic carbocycles. The molecule has 0 amide bonds. The number of anilines is 1. The van der Waals surface area contributed by atoms with Crippen LogP contribution in [0.2, 0.25) is 0 Å². The highest BCUT2D eigenvalue weighted by atomic mass is 31.2. The van der Waals surface area contributed by atoms with Gasteiger partial charge in [-0.15, -0.1) is 0 Å². The van der Waals surface area contributed by atoms with Gasteiger partial charge in [-0.05, 0) is 32.9 Å². The average molecular weight is 586 g/mol. The highest BCUT2D eigenvalue weighted by molar-refractivity contribution is 7.52. The number of nitrogens with one attached hydrogen (secondary N) is 1. The normalized spacial score (nSPS) is 25.3. The van der Waals surface area contributed by atoms with E-state index in [1.54, 1.807) is 32.0 Å². The molecule has 3 aromatic rings. The summed E-state index contributed by atoms with van der Waals surface area (Å²) in [5, 5.41) is 23.9. The number of hydrogen-bond donors (Lipinski definition) is 4. The largest absolute Gasteiger partial charge is 0.462 e. The Morgan fingerprint density at radius 3 is 2.58 bits per heavy atom. The number of aromatic nitrogens is 4. The number of alkyl halides is 2. The zero-order valence-electron chi connectivity index (χ0n) is 21.6. The van der Waals surface area contributed by atoms with Crippen LogP contribution >= 0.6 is 7.75 Å². The summed E-state index contributed by atoms with van der Waals surface area (Å²) in [7, 11) is -4.61. The van der Waals surface area contributed by atoms with E-state index in [1.165, 1.54) is 19.1 Å². The van der Waals surface area contributed by atoms with Crippen LogP contribution in [0.15, 0.2) is 43.0 Å². The molecule has 17 heteroatoms. The molecule has 218 valence electrons. The summed E-state index contributed by atoms with van der Waals surface area (Å²) in [6.07, 6.45) is -7.48. The van der Waals surface area contributed by atoms with Gasteiger partial charge in [0.2, 0.25) is 0 Å². The number of carbonyl (C=O) groups is 1. The van der Waals surface area contributed by atoms with Gasteiger partial charge >= 0.3 is 13.7 Å². The molecule has 0 spiro atoms. The molecular formula is C23H29F2N6O8P. The lowest BCUT2D eigenvalue weighted by molar-refractivity contribution is -0.191. The third-order valence-electron chi connectivity index (χ3n) is 5.97. The average Bonchev–Trinajstić information content (AvgIpc) is 3.43. The van der Waals surface area contributed by atoms with Gasteiger partial charge in [0.05, 0.1) is 19.0 Å². The molecular weight excluding hydrogens is 557 g/mol. The lowest BCUT2D eigenvalue weighted by Crippen LogP contribution is -2.53. The van der Waals surface area contributed by atoms with Crippen molar-refractivity contribution in [3.05, 3.63) is 43.0 Å². The third kappa shape index (κ3) is 5.92. The lowest BCUT2D eigenvalue weighted by Gasteiger charge is -2.32. The molecule has 5 N–H and O–H groups in total. The Bertz CT molecular complexity index is 1380. The number of nitrogen functional groups attached to an aromatic ring is 1. The Balaban J connectivity index is 1.62. The summed E-state index contributed by atoms with van der Waals surface area (Å²) in [5.41, 5.74) is 3.05. The zero-order chi connectivity index (χ0) is 29.2. The monoisotopic (exact) mass is 586 g/mol. The Morgan fingerprint density at radius 1 is 1.23 bits per heavy atom. The first-order chi connectivity index (χ1) is 18.9. The molecule has 1 fully saturated rings. The molecule has 40 heavy (non-hydrogen) atoms.